The van der Waals surface area contributed by atoms with E-state index in [0.717, 1.165) is 12.6 Å². The van der Waals surface area contributed by atoms with E-state index in [-0.39, 0.29) is 12.4 Å². The lowest BCUT2D eigenvalue weighted by molar-refractivity contribution is 0.282. The topological polar surface area (TPSA) is 42.2 Å². The zero-order chi connectivity index (χ0) is 10.3. The molecule has 0 aliphatic heterocycles. The van der Waals surface area contributed by atoms with Gasteiger partial charge in [0, 0.05) is 23.7 Å². The van der Waals surface area contributed by atoms with Crippen LogP contribution in [0.1, 0.15) is 25.1 Å². The van der Waals surface area contributed by atoms with Crippen LogP contribution in [0.25, 0.3) is 0 Å². The Morgan fingerprint density at radius 3 is 2.67 bits per heavy atom. The van der Waals surface area contributed by atoms with Gasteiger partial charge in [-0.1, -0.05) is 13.8 Å². The van der Waals surface area contributed by atoms with E-state index >= 15 is 0 Å². The Morgan fingerprint density at radius 1 is 1.67 bits per heavy atom. The van der Waals surface area contributed by atoms with Crippen molar-refractivity contribution >= 4 is 28.9 Å². The van der Waals surface area contributed by atoms with Crippen LogP contribution in [0.3, 0.4) is 0 Å². The lowest BCUT2D eigenvalue weighted by Gasteiger charge is -2.17. The summed E-state index contributed by atoms with van der Waals surface area (Å²) in [6, 6.07) is 0.728. The number of hydrogen-bond acceptors (Lipinski definition) is 4. The molecular weight excluding hydrogens is 230 g/mol. The van der Waals surface area contributed by atoms with Gasteiger partial charge in [0.05, 0.1) is 0 Å². The monoisotopic (exact) mass is 247 g/mol. The number of rotatable bonds is 3. The van der Waals surface area contributed by atoms with Gasteiger partial charge in [-0.3, -0.25) is 4.90 Å². The average molecular weight is 248 g/mol. The number of nitrogens with two attached hydrogens (primary N) is 1. The van der Waals surface area contributed by atoms with E-state index in [1.54, 1.807) is 11.3 Å². The summed E-state index contributed by atoms with van der Waals surface area (Å²) >= 11 is 1.59. The van der Waals surface area contributed by atoms with Gasteiger partial charge < -0.3 is 5.73 Å². The highest BCUT2D eigenvalue weighted by Crippen LogP contribution is 2.48. The quantitative estimate of drug-likeness (QED) is 0.892. The van der Waals surface area contributed by atoms with E-state index in [9.17, 15) is 0 Å². The van der Waals surface area contributed by atoms with E-state index < -0.39 is 0 Å². The predicted molar refractivity (Wildman–Crippen MR) is 67.4 cm³/mol. The molecule has 0 aromatic carbocycles. The SMILES string of the molecule is CN(Cc1cnc(N)s1)C1CC1(C)C.Cl. The molecule has 1 aliphatic carbocycles. The molecule has 1 atom stereocenters. The normalized spacial score (nSPS) is 22.5. The van der Waals surface area contributed by atoms with E-state index in [1.807, 2.05) is 6.20 Å². The summed E-state index contributed by atoms with van der Waals surface area (Å²) in [6.07, 6.45) is 3.18. The van der Waals surface area contributed by atoms with Crippen molar-refractivity contribution in [3.05, 3.63) is 11.1 Å². The van der Waals surface area contributed by atoms with Crippen LogP contribution < -0.4 is 5.73 Å². The third-order valence-corrected chi connectivity index (χ3v) is 3.78. The Morgan fingerprint density at radius 2 is 2.27 bits per heavy atom. The predicted octanol–water partition coefficient (Wildman–Crippen LogP) is 2.38. The van der Waals surface area contributed by atoms with Crippen LogP contribution in [0.5, 0.6) is 0 Å². The van der Waals surface area contributed by atoms with Crippen molar-refractivity contribution in [2.45, 2.75) is 32.9 Å². The van der Waals surface area contributed by atoms with Crippen LogP contribution in [0.4, 0.5) is 5.13 Å². The molecule has 0 spiro atoms. The highest BCUT2D eigenvalue weighted by Gasteiger charge is 2.47. The van der Waals surface area contributed by atoms with Crippen molar-refractivity contribution in [3.8, 4) is 0 Å². The van der Waals surface area contributed by atoms with Gasteiger partial charge >= 0.3 is 0 Å². The fourth-order valence-electron chi connectivity index (χ4n) is 1.94. The number of nitrogens with zero attached hydrogens (tertiary/aromatic N) is 2. The molecule has 5 heteroatoms. The summed E-state index contributed by atoms with van der Waals surface area (Å²) in [4.78, 5) is 7.71. The molecule has 1 saturated carbocycles. The number of thiazole rings is 1. The molecule has 1 unspecified atom stereocenters. The lowest BCUT2D eigenvalue weighted by Crippen LogP contribution is -2.23. The molecule has 0 radical (unpaired) electrons. The van der Waals surface area contributed by atoms with Crippen molar-refractivity contribution < 1.29 is 0 Å². The molecule has 1 heterocycles. The van der Waals surface area contributed by atoms with Gasteiger partial charge in [-0.15, -0.1) is 23.7 Å². The zero-order valence-corrected chi connectivity index (χ0v) is 11.0. The highest BCUT2D eigenvalue weighted by atomic mass is 35.5. The molecule has 2 rings (SSSR count). The second-order valence-electron chi connectivity index (χ2n) is 4.79. The fourth-order valence-corrected chi connectivity index (χ4v) is 2.69. The molecule has 86 valence electrons. The standard InChI is InChI=1S/C10H17N3S.ClH/c1-10(2)4-8(10)13(3)6-7-5-12-9(11)14-7;/h5,8H,4,6H2,1-3H3,(H2,11,12);1H. The summed E-state index contributed by atoms with van der Waals surface area (Å²) < 4.78 is 0. The van der Waals surface area contributed by atoms with Gasteiger partial charge in [-0.05, 0) is 18.9 Å². The average Bonchev–Trinajstić information content (AvgIpc) is 2.51. The molecule has 1 aliphatic rings. The molecule has 1 aromatic rings. The number of anilines is 1. The van der Waals surface area contributed by atoms with E-state index in [4.69, 9.17) is 5.73 Å². The lowest BCUT2D eigenvalue weighted by atomic mass is 10.2. The fraction of sp³-hybridized carbons (Fsp3) is 0.700. The van der Waals surface area contributed by atoms with Gasteiger partial charge in [0.1, 0.15) is 0 Å². The third kappa shape index (κ3) is 2.83. The Kier molecular flexibility index (Phi) is 3.63. The molecule has 1 fully saturated rings. The first kappa shape index (κ1) is 12.7. The van der Waals surface area contributed by atoms with Crippen molar-refractivity contribution in [1.29, 1.82) is 0 Å². The maximum Gasteiger partial charge on any atom is 0.180 e. The molecular formula is C10H18ClN3S. The van der Waals surface area contributed by atoms with Crippen LogP contribution in [0, 0.1) is 5.41 Å². The minimum Gasteiger partial charge on any atom is -0.375 e. The van der Waals surface area contributed by atoms with Crippen LogP contribution in [-0.2, 0) is 6.54 Å². The van der Waals surface area contributed by atoms with Crippen LogP contribution in [-0.4, -0.2) is 23.0 Å². The highest BCUT2D eigenvalue weighted by molar-refractivity contribution is 7.15. The maximum atomic E-state index is 5.59. The van der Waals surface area contributed by atoms with Crippen molar-refractivity contribution in [2.75, 3.05) is 12.8 Å². The minimum absolute atomic E-state index is 0. The zero-order valence-electron chi connectivity index (χ0n) is 9.36. The van der Waals surface area contributed by atoms with Crippen LogP contribution >= 0.6 is 23.7 Å². The van der Waals surface area contributed by atoms with Gasteiger partial charge in [0.25, 0.3) is 0 Å². The number of hydrogen-bond donors (Lipinski definition) is 1. The van der Waals surface area contributed by atoms with Gasteiger partial charge in [0.2, 0.25) is 0 Å². The number of aromatic nitrogens is 1. The van der Waals surface area contributed by atoms with Crippen LogP contribution in [0.2, 0.25) is 0 Å². The first-order valence-electron chi connectivity index (χ1n) is 4.89. The first-order chi connectivity index (χ1) is 6.49. The van der Waals surface area contributed by atoms with Gasteiger partial charge in [0.15, 0.2) is 5.13 Å². The maximum absolute atomic E-state index is 5.59. The van der Waals surface area contributed by atoms with E-state index in [0.29, 0.717) is 10.5 Å². The Labute approximate surface area is 101 Å². The van der Waals surface area contributed by atoms with E-state index in [2.05, 4.69) is 30.8 Å². The number of nitrogen functional groups attached to an aromatic ring is 1. The summed E-state index contributed by atoms with van der Waals surface area (Å²) in [6.45, 7) is 5.60. The summed E-state index contributed by atoms with van der Waals surface area (Å²) in [7, 11) is 2.18. The molecule has 0 saturated heterocycles. The van der Waals surface area contributed by atoms with Crippen molar-refractivity contribution in [2.24, 2.45) is 5.41 Å². The second-order valence-corrected chi connectivity index (χ2v) is 5.94. The summed E-state index contributed by atoms with van der Waals surface area (Å²) in [5.41, 5.74) is 6.09. The molecule has 2 N–H and O–H groups in total. The second kappa shape index (κ2) is 4.28. The Balaban J connectivity index is 0.00000112. The van der Waals surface area contributed by atoms with Crippen molar-refractivity contribution in [1.82, 2.24) is 9.88 Å². The smallest absolute Gasteiger partial charge is 0.180 e. The summed E-state index contributed by atoms with van der Waals surface area (Å²) in [5.74, 6) is 0. The van der Waals surface area contributed by atoms with E-state index in [1.165, 1.54) is 11.3 Å². The molecule has 0 amide bonds. The molecule has 3 nitrogen and oxygen atoms in total. The van der Waals surface area contributed by atoms with Crippen LogP contribution in [0.15, 0.2) is 6.20 Å². The number of halogens is 1. The summed E-state index contributed by atoms with van der Waals surface area (Å²) in [5, 5.41) is 0.670. The Hall–Kier alpha value is -0.320. The molecule has 15 heavy (non-hydrogen) atoms. The Bertz CT molecular complexity index is 337. The first-order valence-corrected chi connectivity index (χ1v) is 5.71. The third-order valence-electron chi connectivity index (χ3n) is 2.97. The molecule has 0 bridgehead atoms. The largest absolute Gasteiger partial charge is 0.375 e. The van der Waals surface area contributed by atoms with Gasteiger partial charge in [-0.2, -0.15) is 0 Å². The van der Waals surface area contributed by atoms with Crippen molar-refractivity contribution in [3.63, 3.8) is 0 Å². The van der Waals surface area contributed by atoms with Gasteiger partial charge in [-0.25, -0.2) is 4.98 Å². The molecule has 1 aromatic heterocycles. The minimum atomic E-state index is 0.